The maximum absolute atomic E-state index is 12.1. The number of aliphatic hydroxyl groups excluding tert-OH is 1. The lowest BCUT2D eigenvalue weighted by Gasteiger charge is -2.30. The average Bonchev–Trinajstić information content (AvgIpc) is 2.66. The first kappa shape index (κ1) is 17.3. The van der Waals surface area contributed by atoms with Crippen LogP contribution in [0.1, 0.15) is 12.8 Å². The first-order valence-corrected chi connectivity index (χ1v) is 8.72. The van der Waals surface area contributed by atoms with Gasteiger partial charge in [-0.25, -0.2) is 4.79 Å². The van der Waals surface area contributed by atoms with Gasteiger partial charge in [-0.15, -0.1) is 0 Å². The Morgan fingerprint density at radius 2 is 1.92 bits per heavy atom. The van der Waals surface area contributed by atoms with Gasteiger partial charge in [-0.1, -0.05) is 48.5 Å². The number of aliphatic hydroxyl groups is 1. The molecule has 2 aromatic rings. The van der Waals surface area contributed by atoms with E-state index in [1.807, 2.05) is 54.6 Å². The summed E-state index contributed by atoms with van der Waals surface area (Å²) in [5, 5.41) is 12.5. The van der Waals surface area contributed by atoms with Gasteiger partial charge in [-0.05, 0) is 24.5 Å². The molecule has 3 rings (SSSR count). The Labute approximate surface area is 148 Å². The summed E-state index contributed by atoms with van der Waals surface area (Å²) in [7, 11) is 0. The number of nitrogens with one attached hydrogen (secondary N) is 1. The van der Waals surface area contributed by atoms with Gasteiger partial charge in [0.05, 0.1) is 12.6 Å². The van der Waals surface area contributed by atoms with Crippen molar-refractivity contribution in [3.8, 4) is 16.9 Å². The minimum Gasteiger partial charge on any atom is -0.491 e. The molecule has 1 saturated heterocycles. The Bertz CT molecular complexity index is 690. The van der Waals surface area contributed by atoms with Crippen LogP contribution in [-0.4, -0.2) is 48.4 Å². The number of amides is 2. The molecule has 0 spiro atoms. The number of rotatable bonds is 5. The van der Waals surface area contributed by atoms with Crippen LogP contribution >= 0.6 is 0 Å². The highest BCUT2D eigenvalue weighted by atomic mass is 16.5. The Balaban J connectivity index is 1.50. The van der Waals surface area contributed by atoms with Crippen LogP contribution in [0.4, 0.5) is 4.79 Å². The summed E-state index contributed by atoms with van der Waals surface area (Å²) >= 11 is 0. The Hall–Kier alpha value is -2.53. The molecule has 1 fully saturated rings. The molecule has 0 radical (unpaired) electrons. The second kappa shape index (κ2) is 8.53. The maximum atomic E-state index is 12.1. The molecule has 5 heteroatoms. The Morgan fingerprint density at radius 3 is 2.72 bits per heavy atom. The lowest BCUT2D eigenvalue weighted by molar-refractivity contribution is 0.0840. The summed E-state index contributed by atoms with van der Waals surface area (Å²) in [6.07, 6.45) is 1.20. The van der Waals surface area contributed by atoms with Gasteiger partial charge in [0.1, 0.15) is 12.4 Å². The molecule has 2 amide bonds. The lowest BCUT2D eigenvalue weighted by Crippen LogP contribution is -2.47. The quantitative estimate of drug-likeness (QED) is 0.823. The number of hydrogen-bond acceptors (Lipinski definition) is 3. The molecule has 5 nitrogen and oxygen atoms in total. The van der Waals surface area contributed by atoms with E-state index in [0.717, 1.165) is 29.7 Å². The number of piperidine rings is 1. The second-order valence-corrected chi connectivity index (χ2v) is 6.18. The van der Waals surface area contributed by atoms with Crippen molar-refractivity contribution in [3.05, 3.63) is 54.6 Å². The fraction of sp³-hybridized carbons (Fsp3) is 0.350. The molecule has 25 heavy (non-hydrogen) atoms. The summed E-state index contributed by atoms with van der Waals surface area (Å²) < 4.78 is 5.87. The predicted octanol–water partition coefficient (Wildman–Crippen LogP) is 2.90. The SMILES string of the molecule is O=C(NCCOc1ccccc1-c1ccccc1)N1CCCC(O)C1. The van der Waals surface area contributed by atoms with Gasteiger partial charge in [0, 0.05) is 18.7 Å². The molecular weight excluding hydrogens is 316 g/mol. The third kappa shape index (κ3) is 4.73. The van der Waals surface area contributed by atoms with E-state index in [1.165, 1.54) is 0 Å². The molecule has 0 aliphatic carbocycles. The number of urea groups is 1. The molecule has 132 valence electrons. The number of nitrogens with zero attached hydrogens (tertiary/aromatic N) is 1. The highest BCUT2D eigenvalue weighted by Gasteiger charge is 2.21. The van der Waals surface area contributed by atoms with Crippen molar-refractivity contribution in [2.75, 3.05) is 26.2 Å². The number of benzene rings is 2. The van der Waals surface area contributed by atoms with Crippen molar-refractivity contribution in [2.24, 2.45) is 0 Å². The van der Waals surface area contributed by atoms with Crippen molar-refractivity contribution >= 4 is 6.03 Å². The van der Waals surface area contributed by atoms with Gasteiger partial charge < -0.3 is 20.1 Å². The van der Waals surface area contributed by atoms with Crippen molar-refractivity contribution in [1.82, 2.24) is 10.2 Å². The standard InChI is InChI=1S/C20H24N2O3/c23-17-9-6-13-22(15-17)20(24)21-12-14-25-19-11-5-4-10-18(19)16-7-2-1-3-8-16/h1-5,7-8,10-11,17,23H,6,9,12-15H2,(H,21,24). The zero-order valence-corrected chi connectivity index (χ0v) is 14.2. The number of likely N-dealkylation sites (tertiary alicyclic amines) is 1. The van der Waals surface area contributed by atoms with Crippen molar-refractivity contribution in [3.63, 3.8) is 0 Å². The minimum absolute atomic E-state index is 0.140. The van der Waals surface area contributed by atoms with E-state index in [4.69, 9.17) is 4.74 Å². The Kier molecular flexibility index (Phi) is 5.90. The van der Waals surface area contributed by atoms with Crippen molar-refractivity contribution in [1.29, 1.82) is 0 Å². The van der Waals surface area contributed by atoms with E-state index in [1.54, 1.807) is 4.90 Å². The monoisotopic (exact) mass is 340 g/mol. The molecule has 0 saturated carbocycles. The predicted molar refractivity (Wildman–Crippen MR) is 97.6 cm³/mol. The van der Waals surface area contributed by atoms with Gasteiger partial charge in [0.15, 0.2) is 0 Å². The largest absolute Gasteiger partial charge is 0.491 e. The van der Waals surface area contributed by atoms with E-state index >= 15 is 0 Å². The van der Waals surface area contributed by atoms with Crippen LogP contribution in [0.3, 0.4) is 0 Å². The molecular formula is C20H24N2O3. The third-order valence-electron chi connectivity index (χ3n) is 4.29. The van der Waals surface area contributed by atoms with Crippen LogP contribution in [0.25, 0.3) is 11.1 Å². The van der Waals surface area contributed by atoms with E-state index in [9.17, 15) is 9.90 Å². The van der Waals surface area contributed by atoms with E-state index in [2.05, 4.69) is 5.32 Å². The average molecular weight is 340 g/mol. The van der Waals surface area contributed by atoms with Crippen molar-refractivity contribution < 1.29 is 14.6 Å². The molecule has 1 aliphatic heterocycles. The van der Waals surface area contributed by atoms with E-state index < -0.39 is 6.10 Å². The third-order valence-corrected chi connectivity index (χ3v) is 4.29. The van der Waals surface area contributed by atoms with Gasteiger partial charge >= 0.3 is 6.03 Å². The number of β-amino-alcohol motifs (C(OH)–C–C–N with tert-alkyl or cyclic N) is 1. The fourth-order valence-corrected chi connectivity index (χ4v) is 3.02. The molecule has 2 aromatic carbocycles. The summed E-state index contributed by atoms with van der Waals surface area (Å²) in [5.41, 5.74) is 2.14. The highest BCUT2D eigenvalue weighted by molar-refractivity contribution is 5.74. The number of ether oxygens (including phenoxy) is 1. The smallest absolute Gasteiger partial charge is 0.317 e. The molecule has 0 bridgehead atoms. The van der Waals surface area contributed by atoms with E-state index in [-0.39, 0.29) is 6.03 Å². The van der Waals surface area contributed by atoms with Crippen LogP contribution in [0.15, 0.2) is 54.6 Å². The van der Waals surface area contributed by atoms with Crippen LogP contribution in [0.5, 0.6) is 5.75 Å². The molecule has 0 aromatic heterocycles. The summed E-state index contributed by atoms with van der Waals surface area (Å²) in [4.78, 5) is 13.8. The van der Waals surface area contributed by atoms with Crippen LogP contribution < -0.4 is 10.1 Å². The van der Waals surface area contributed by atoms with Gasteiger partial charge in [-0.3, -0.25) is 0 Å². The topological polar surface area (TPSA) is 61.8 Å². The summed E-state index contributed by atoms with van der Waals surface area (Å²) in [5.74, 6) is 0.802. The minimum atomic E-state index is -0.409. The molecule has 1 unspecified atom stereocenters. The van der Waals surface area contributed by atoms with Gasteiger partial charge in [-0.2, -0.15) is 0 Å². The van der Waals surface area contributed by atoms with E-state index in [0.29, 0.717) is 26.2 Å². The maximum Gasteiger partial charge on any atom is 0.317 e. The molecule has 1 aliphatic rings. The van der Waals surface area contributed by atoms with Crippen LogP contribution in [0.2, 0.25) is 0 Å². The number of hydrogen-bond donors (Lipinski definition) is 2. The number of carbonyl (C=O) groups excluding carboxylic acids is 1. The first-order valence-electron chi connectivity index (χ1n) is 8.72. The second-order valence-electron chi connectivity index (χ2n) is 6.18. The van der Waals surface area contributed by atoms with Gasteiger partial charge in [0.2, 0.25) is 0 Å². The molecule has 1 heterocycles. The van der Waals surface area contributed by atoms with Crippen LogP contribution in [0, 0.1) is 0 Å². The summed E-state index contributed by atoms with van der Waals surface area (Å²) in [6, 6.07) is 17.8. The normalized spacial score (nSPS) is 17.2. The van der Waals surface area contributed by atoms with Gasteiger partial charge in [0.25, 0.3) is 0 Å². The number of para-hydroxylation sites is 1. The zero-order valence-electron chi connectivity index (χ0n) is 14.2. The molecule has 1 atom stereocenters. The fourth-order valence-electron chi connectivity index (χ4n) is 3.02. The molecule has 2 N–H and O–H groups in total. The van der Waals surface area contributed by atoms with Crippen LogP contribution in [-0.2, 0) is 0 Å². The highest BCUT2D eigenvalue weighted by Crippen LogP contribution is 2.29. The zero-order chi connectivity index (χ0) is 17.5. The summed E-state index contributed by atoms with van der Waals surface area (Å²) in [6.45, 7) is 1.92. The lowest BCUT2D eigenvalue weighted by atomic mass is 10.1. The van der Waals surface area contributed by atoms with Crippen molar-refractivity contribution in [2.45, 2.75) is 18.9 Å². The number of carbonyl (C=O) groups is 1. The Morgan fingerprint density at radius 1 is 1.16 bits per heavy atom. The first-order chi connectivity index (χ1) is 12.2.